The minimum Gasteiger partial charge on any atom is -0.486 e. The van der Waals surface area contributed by atoms with Gasteiger partial charge in [0.1, 0.15) is 24.8 Å². The third-order valence-corrected chi connectivity index (χ3v) is 5.88. The van der Waals surface area contributed by atoms with Gasteiger partial charge in [0.15, 0.2) is 11.5 Å². The molecule has 0 spiro atoms. The maximum Gasteiger partial charge on any atom is 0.240 e. The minimum absolute atomic E-state index is 0.0349. The first-order valence-electron chi connectivity index (χ1n) is 9.52. The van der Waals surface area contributed by atoms with E-state index in [-0.39, 0.29) is 30.2 Å². The molecule has 0 fully saturated rings. The minimum atomic E-state index is -0.232. The van der Waals surface area contributed by atoms with Gasteiger partial charge < -0.3 is 14.8 Å². The molecule has 1 aromatic heterocycles. The topological polar surface area (TPSA) is 80.8 Å². The molecule has 0 radical (unpaired) electrons. The molecule has 2 aliphatic heterocycles. The van der Waals surface area contributed by atoms with E-state index in [1.165, 1.54) is 11.8 Å². The van der Waals surface area contributed by atoms with Crippen LogP contribution in [-0.4, -0.2) is 42.3 Å². The van der Waals surface area contributed by atoms with Crippen molar-refractivity contribution in [1.82, 2.24) is 10.3 Å². The number of nitrogens with zero attached hydrogens (tertiary/aromatic N) is 2. The van der Waals surface area contributed by atoms with Crippen molar-refractivity contribution in [3.05, 3.63) is 41.1 Å². The maximum absolute atomic E-state index is 12.7. The number of hydrogen-bond donors (Lipinski definition) is 1. The Bertz CT molecular complexity index is 979. The van der Waals surface area contributed by atoms with Crippen molar-refractivity contribution in [2.24, 2.45) is 0 Å². The molecule has 7 nitrogen and oxygen atoms in total. The van der Waals surface area contributed by atoms with Crippen LogP contribution < -0.4 is 19.7 Å². The Morgan fingerprint density at radius 2 is 2.00 bits per heavy atom. The highest BCUT2D eigenvalue weighted by molar-refractivity contribution is 8.00. The van der Waals surface area contributed by atoms with Crippen LogP contribution in [0.1, 0.15) is 29.8 Å². The van der Waals surface area contributed by atoms with Crippen LogP contribution in [0.25, 0.3) is 0 Å². The smallest absolute Gasteiger partial charge is 0.240 e. The molecule has 0 aliphatic carbocycles. The molecule has 0 saturated heterocycles. The normalized spacial score (nSPS) is 16.2. The standard InChI is InChI=1S/C21H23N3O4S/c1-12-8-13(2)22-21-20(12)24(19(26)11-29-21)10-18(25)23-14(3)15-4-5-16-17(9-15)28-7-6-27-16/h4-5,8-9,14H,6-7,10-11H2,1-3H3,(H,23,25)/t14-/m0/s1. The maximum atomic E-state index is 12.7. The number of thioether (sulfide) groups is 1. The summed E-state index contributed by atoms with van der Waals surface area (Å²) in [6, 6.07) is 7.35. The number of carbonyl (C=O) groups is 2. The van der Waals surface area contributed by atoms with E-state index in [4.69, 9.17) is 9.47 Å². The number of amides is 2. The second kappa shape index (κ2) is 7.94. The second-order valence-corrected chi connectivity index (χ2v) is 8.16. The molecule has 29 heavy (non-hydrogen) atoms. The molecule has 2 amide bonds. The van der Waals surface area contributed by atoms with E-state index in [1.807, 2.05) is 45.0 Å². The number of hydrogen-bond acceptors (Lipinski definition) is 6. The molecule has 0 saturated carbocycles. The molecule has 4 rings (SSSR count). The molecule has 3 heterocycles. The summed E-state index contributed by atoms with van der Waals surface area (Å²) in [4.78, 5) is 31.3. The molecule has 0 unspecified atom stereocenters. The van der Waals surface area contributed by atoms with Crippen molar-refractivity contribution in [2.75, 3.05) is 30.4 Å². The van der Waals surface area contributed by atoms with Crippen LogP contribution in [-0.2, 0) is 9.59 Å². The first-order valence-corrected chi connectivity index (χ1v) is 10.5. The molecule has 0 bridgehead atoms. The van der Waals surface area contributed by atoms with Gasteiger partial charge in [-0.15, -0.1) is 0 Å². The van der Waals surface area contributed by atoms with Crippen LogP contribution in [0.15, 0.2) is 29.3 Å². The Morgan fingerprint density at radius 3 is 2.79 bits per heavy atom. The van der Waals surface area contributed by atoms with Crippen molar-refractivity contribution in [2.45, 2.75) is 31.8 Å². The lowest BCUT2D eigenvalue weighted by molar-refractivity contribution is -0.123. The van der Waals surface area contributed by atoms with Crippen molar-refractivity contribution in [3.8, 4) is 11.5 Å². The van der Waals surface area contributed by atoms with Crippen LogP contribution in [0.5, 0.6) is 11.5 Å². The second-order valence-electron chi connectivity index (χ2n) is 7.20. The third kappa shape index (κ3) is 4.03. The zero-order chi connectivity index (χ0) is 20.5. The van der Waals surface area contributed by atoms with Crippen LogP contribution in [0, 0.1) is 13.8 Å². The van der Waals surface area contributed by atoms with Crippen molar-refractivity contribution in [3.63, 3.8) is 0 Å². The van der Waals surface area contributed by atoms with Gasteiger partial charge in [0.05, 0.1) is 17.5 Å². The summed E-state index contributed by atoms with van der Waals surface area (Å²) in [5.74, 6) is 1.37. The van der Waals surface area contributed by atoms with Gasteiger partial charge in [-0.1, -0.05) is 17.8 Å². The Balaban J connectivity index is 1.48. The average molecular weight is 413 g/mol. The zero-order valence-electron chi connectivity index (χ0n) is 16.7. The number of ether oxygens (including phenoxy) is 2. The largest absolute Gasteiger partial charge is 0.486 e. The van der Waals surface area contributed by atoms with Crippen LogP contribution in [0.3, 0.4) is 0 Å². The Labute approximate surface area is 173 Å². The zero-order valence-corrected chi connectivity index (χ0v) is 17.5. The summed E-state index contributed by atoms with van der Waals surface area (Å²) >= 11 is 1.42. The fourth-order valence-electron chi connectivity index (χ4n) is 3.57. The number of aryl methyl sites for hydroxylation is 2. The number of nitrogens with one attached hydrogen (secondary N) is 1. The Hall–Kier alpha value is -2.74. The van der Waals surface area contributed by atoms with Gasteiger partial charge in [-0.05, 0) is 50.1 Å². The monoisotopic (exact) mass is 413 g/mol. The summed E-state index contributed by atoms with van der Waals surface area (Å²) in [5.41, 5.74) is 3.50. The van der Waals surface area contributed by atoms with Gasteiger partial charge in [-0.3, -0.25) is 14.5 Å². The highest BCUT2D eigenvalue weighted by Crippen LogP contribution is 2.37. The summed E-state index contributed by atoms with van der Waals surface area (Å²) in [6.07, 6.45) is 0. The highest BCUT2D eigenvalue weighted by Gasteiger charge is 2.29. The molecule has 8 heteroatoms. The van der Waals surface area contributed by atoms with Gasteiger partial charge in [-0.25, -0.2) is 4.98 Å². The molecule has 2 aliphatic rings. The third-order valence-electron chi connectivity index (χ3n) is 4.93. The summed E-state index contributed by atoms with van der Waals surface area (Å²) in [5, 5.41) is 3.78. The van der Waals surface area contributed by atoms with E-state index in [0.717, 1.165) is 27.5 Å². The summed E-state index contributed by atoms with van der Waals surface area (Å²) in [7, 11) is 0. The van der Waals surface area contributed by atoms with E-state index in [9.17, 15) is 9.59 Å². The molecule has 152 valence electrons. The lowest BCUT2D eigenvalue weighted by Crippen LogP contribution is -2.44. The number of rotatable bonds is 4. The van der Waals surface area contributed by atoms with Crippen LogP contribution in [0.4, 0.5) is 5.69 Å². The van der Waals surface area contributed by atoms with E-state index in [1.54, 1.807) is 4.90 Å². The Morgan fingerprint density at radius 1 is 1.24 bits per heavy atom. The van der Waals surface area contributed by atoms with Gasteiger partial charge >= 0.3 is 0 Å². The highest BCUT2D eigenvalue weighted by atomic mass is 32.2. The summed E-state index contributed by atoms with van der Waals surface area (Å²) in [6.45, 7) is 6.79. The molecule has 1 aromatic carbocycles. The average Bonchev–Trinajstić information content (AvgIpc) is 2.69. The van der Waals surface area contributed by atoms with E-state index >= 15 is 0 Å². The summed E-state index contributed by atoms with van der Waals surface area (Å²) < 4.78 is 11.2. The Kier molecular flexibility index (Phi) is 5.36. The first-order chi connectivity index (χ1) is 13.9. The first kappa shape index (κ1) is 19.6. The van der Waals surface area contributed by atoms with E-state index in [2.05, 4.69) is 10.3 Å². The number of anilines is 1. The van der Waals surface area contributed by atoms with Gasteiger partial charge in [-0.2, -0.15) is 0 Å². The quantitative estimate of drug-likeness (QED) is 0.830. The number of benzene rings is 1. The predicted molar refractivity (Wildman–Crippen MR) is 111 cm³/mol. The van der Waals surface area contributed by atoms with Crippen molar-refractivity contribution in [1.29, 1.82) is 0 Å². The molecule has 1 atom stereocenters. The number of aromatic nitrogens is 1. The van der Waals surface area contributed by atoms with E-state index in [0.29, 0.717) is 24.7 Å². The van der Waals surface area contributed by atoms with Gasteiger partial charge in [0.25, 0.3) is 0 Å². The van der Waals surface area contributed by atoms with E-state index < -0.39 is 0 Å². The number of fused-ring (bicyclic) bond motifs is 2. The lowest BCUT2D eigenvalue weighted by Gasteiger charge is -2.30. The predicted octanol–water partition coefficient (Wildman–Crippen LogP) is 2.79. The molecule has 2 aromatic rings. The number of pyridine rings is 1. The molecule has 1 N–H and O–H groups in total. The lowest BCUT2D eigenvalue weighted by atomic mass is 10.1. The van der Waals surface area contributed by atoms with Crippen LogP contribution >= 0.6 is 11.8 Å². The molecular formula is C21H23N3O4S. The van der Waals surface area contributed by atoms with Crippen molar-refractivity contribution < 1.29 is 19.1 Å². The molecular weight excluding hydrogens is 390 g/mol. The van der Waals surface area contributed by atoms with Gasteiger partial charge in [0, 0.05) is 5.69 Å². The van der Waals surface area contributed by atoms with Crippen molar-refractivity contribution >= 4 is 29.3 Å². The SMILES string of the molecule is Cc1cc(C)c2c(n1)SCC(=O)N2CC(=O)N[C@@H](C)c1ccc2c(c1)OCCO2. The number of carbonyl (C=O) groups excluding carboxylic acids is 2. The fraction of sp³-hybridized carbons (Fsp3) is 0.381. The fourth-order valence-corrected chi connectivity index (χ4v) is 4.60. The van der Waals surface area contributed by atoms with Crippen LogP contribution in [0.2, 0.25) is 0 Å². The van der Waals surface area contributed by atoms with Gasteiger partial charge in [0.2, 0.25) is 11.8 Å².